The van der Waals surface area contributed by atoms with Crippen LogP contribution in [0, 0.1) is 17.7 Å². The number of benzene rings is 2. The van der Waals surface area contributed by atoms with Gasteiger partial charge in [0.05, 0.1) is 0 Å². The predicted molar refractivity (Wildman–Crippen MR) is 94.6 cm³/mol. The zero-order valence-corrected chi connectivity index (χ0v) is 14.5. The Morgan fingerprint density at radius 3 is 1.82 bits per heavy atom. The van der Waals surface area contributed by atoms with Gasteiger partial charge in [-0.1, -0.05) is 83.1 Å². The molecular formula is C21H29F. The Bertz CT molecular complexity index is 529. The molecule has 0 bridgehead atoms. The maximum atomic E-state index is 13.2. The van der Waals surface area contributed by atoms with Gasteiger partial charge >= 0.3 is 0 Å². The van der Waals surface area contributed by atoms with Crippen molar-refractivity contribution in [2.24, 2.45) is 11.8 Å². The summed E-state index contributed by atoms with van der Waals surface area (Å²) >= 11 is 0. The standard InChI is InChI=1S/C11H15F.C10H14/c1-8(2)9(3)10-6-4-5-7-11(10)12;1-9(2)8-10-6-4-3-5-7-10/h4-9H,1-3H3;3-7,9H,8H2,1-2H3/t9-;/m1./s1. The molecule has 0 radical (unpaired) electrons. The molecule has 2 aromatic carbocycles. The average Bonchev–Trinajstić information content (AvgIpc) is 2.48. The van der Waals surface area contributed by atoms with Gasteiger partial charge in [-0.3, -0.25) is 0 Å². The van der Waals surface area contributed by atoms with Gasteiger partial charge in [0.1, 0.15) is 5.82 Å². The first kappa shape index (κ1) is 18.4. The largest absolute Gasteiger partial charge is 0.207 e. The summed E-state index contributed by atoms with van der Waals surface area (Å²) in [7, 11) is 0. The molecule has 2 rings (SSSR count). The summed E-state index contributed by atoms with van der Waals surface area (Å²) in [4.78, 5) is 0. The van der Waals surface area contributed by atoms with E-state index in [0.717, 1.165) is 11.5 Å². The van der Waals surface area contributed by atoms with E-state index in [9.17, 15) is 4.39 Å². The second kappa shape index (κ2) is 9.40. The van der Waals surface area contributed by atoms with Crippen molar-refractivity contribution in [3.8, 4) is 0 Å². The molecule has 1 heteroatoms. The van der Waals surface area contributed by atoms with Crippen LogP contribution in [0.25, 0.3) is 0 Å². The minimum Gasteiger partial charge on any atom is -0.207 e. The number of hydrogen-bond acceptors (Lipinski definition) is 0. The van der Waals surface area contributed by atoms with Crippen molar-refractivity contribution >= 4 is 0 Å². The van der Waals surface area contributed by atoms with Gasteiger partial charge in [-0.15, -0.1) is 0 Å². The minimum atomic E-state index is -0.0845. The molecule has 0 heterocycles. The quantitative estimate of drug-likeness (QED) is 0.607. The third-order valence-corrected chi connectivity index (χ3v) is 3.88. The maximum Gasteiger partial charge on any atom is 0.126 e. The Labute approximate surface area is 135 Å². The molecule has 0 aliphatic rings. The molecule has 0 saturated heterocycles. The molecule has 0 fully saturated rings. The highest BCUT2D eigenvalue weighted by molar-refractivity contribution is 5.21. The van der Waals surface area contributed by atoms with Crippen LogP contribution in [0.2, 0.25) is 0 Å². The zero-order valence-electron chi connectivity index (χ0n) is 14.5. The summed E-state index contributed by atoms with van der Waals surface area (Å²) in [5.41, 5.74) is 2.27. The first-order chi connectivity index (χ1) is 10.4. The van der Waals surface area contributed by atoms with Crippen LogP contribution in [0.15, 0.2) is 54.6 Å². The van der Waals surface area contributed by atoms with E-state index in [-0.39, 0.29) is 5.82 Å². The molecule has 22 heavy (non-hydrogen) atoms. The highest BCUT2D eigenvalue weighted by Gasteiger charge is 2.12. The third kappa shape index (κ3) is 6.43. The van der Waals surface area contributed by atoms with E-state index in [1.54, 1.807) is 6.07 Å². The van der Waals surface area contributed by atoms with Gasteiger partial charge in [-0.05, 0) is 41.4 Å². The Morgan fingerprint density at radius 1 is 0.773 bits per heavy atom. The van der Waals surface area contributed by atoms with Crippen molar-refractivity contribution in [2.75, 3.05) is 0 Å². The smallest absolute Gasteiger partial charge is 0.126 e. The Morgan fingerprint density at radius 2 is 1.32 bits per heavy atom. The molecule has 1 atom stereocenters. The highest BCUT2D eigenvalue weighted by Crippen LogP contribution is 2.25. The molecule has 0 spiro atoms. The second-order valence-corrected chi connectivity index (χ2v) is 6.64. The van der Waals surface area contributed by atoms with Crippen molar-refractivity contribution < 1.29 is 4.39 Å². The normalized spacial score (nSPS) is 12.0. The van der Waals surface area contributed by atoms with Gasteiger partial charge in [-0.25, -0.2) is 4.39 Å². The Kier molecular flexibility index (Phi) is 7.87. The summed E-state index contributed by atoms with van der Waals surface area (Å²) in [6.07, 6.45) is 1.20. The first-order valence-corrected chi connectivity index (χ1v) is 8.20. The molecule has 120 valence electrons. The van der Waals surface area contributed by atoms with Crippen molar-refractivity contribution in [3.05, 3.63) is 71.5 Å². The first-order valence-electron chi connectivity index (χ1n) is 8.20. The van der Waals surface area contributed by atoms with E-state index in [1.165, 1.54) is 18.1 Å². The fourth-order valence-corrected chi connectivity index (χ4v) is 2.29. The highest BCUT2D eigenvalue weighted by atomic mass is 19.1. The number of hydrogen-bond donors (Lipinski definition) is 0. The summed E-state index contributed by atoms with van der Waals surface area (Å²) in [6, 6.07) is 17.6. The molecule has 0 saturated carbocycles. The lowest BCUT2D eigenvalue weighted by Crippen LogP contribution is -2.03. The molecule has 0 aliphatic heterocycles. The van der Waals surface area contributed by atoms with Crippen molar-refractivity contribution in [2.45, 2.75) is 47.0 Å². The van der Waals surface area contributed by atoms with E-state index in [4.69, 9.17) is 0 Å². The molecular weight excluding hydrogens is 271 g/mol. The van der Waals surface area contributed by atoms with Crippen LogP contribution in [0.3, 0.4) is 0 Å². The summed E-state index contributed by atoms with van der Waals surface area (Å²) in [5, 5.41) is 0. The van der Waals surface area contributed by atoms with E-state index in [1.807, 2.05) is 12.1 Å². The van der Waals surface area contributed by atoms with Gasteiger partial charge in [-0.2, -0.15) is 0 Å². The molecule has 0 amide bonds. The number of halogens is 1. The van der Waals surface area contributed by atoms with Gasteiger partial charge < -0.3 is 0 Å². The van der Waals surface area contributed by atoms with E-state index in [0.29, 0.717) is 11.8 Å². The summed E-state index contributed by atoms with van der Waals surface area (Å²) in [6.45, 7) is 10.8. The minimum absolute atomic E-state index is 0.0845. The van der Waals surface area contributed by atoms with Gasteiger partial charge in [0.25, 0.3) is 0 Å². The molecule has 0 nitrogen and oxygen atoms in total. The lowest BCUT2D eigenvalue weighted by Gasteiger charge is -2.16. The van der Waals surface area contributed by atoms with E-state index in [2.05, 4.69) is 65.0 Å². The van der Waals surface area contributed by atoms with Gasteiger partial charge in [0, 0.05) is 0 Å². The van der Waals surface area contributed by atoms with Crippen molar-refractivity contribution in [3.63, 3.8) is 0 Å². The SMILES string of the molecule is CC(C)Cc1ccccc1.CC(C)[C@@H](C)c1ccccc1F. The molecule has 0 aromatic heterocycles. The lowest BCUT2D eigenvalue weighted by molar-refractivity contribution is 0.501. The topological polar surface area (TPSA) is 0 Å². The Balaban J connectivity index is 0.000000224. The van der Waals surface area contributed by atoms with Crippen LogP contribution in [0.5, 0.6) is 0 Å². The van der Waals surface area contributed by atoms with E-state index >= 15 is 0 Å². The van der Waals surface area contributed by atoms with Crippen LogP contribution in [0.4, 0.5) is 4.39 Å². The third-order valence-electron chi connectivity index (χ3n) is 3.88. The fraction of sp³-hybridized carbons (Fsp3) is 0.429. The van der Waals surface area contributed by atoms with Crippen LogP contribution in [0.1, 0.15) is 51.7 Å². The van der Waals surface area contributed by atoms with Crippen LogP contribution in [-0.4, -0.2) is 0 Å². The molecule has 0 N–H and O–H groups in total. The lowest BCUT2D eigenvalue weighted by atomic mass is 9.90. The van der Waals surface area contributed by atoms with Crippen molar-refractivity contribution in [1.82, 2.24) is 0 Å². The molecule has 2 aromatic rings. The Hall–Kier alpha value is -1.63. The predicted octanol–water partition coefficient (Wildman–Crippen LogP) is 6.47. The van der Waals surface area contributed by atoms with Crippen LogP contribution >= 0.6 is 0 Å². The summed E-state index contributed by atoms with van der Waals surface area (Å²) in [5.74, 6) is 1.47. The zero-order chi connectivity index (χ0) is 16.5. The van der Waals surface area contributed by atoms with Crippen molar-refractivity contribution in [1.29, 1.82) is 0 Å². The second-order valence-electron chi connectivity index (χ2n) is 6.64. The van der Waals surface area contributed by atoms with Crippen LogP contribution in [-0.2, 0) is 6.42 Å². The van der Waals surface area contributed by atoms with Crippen LogP contribution < -0.4 is 0 Å². The number of rotatable bonds is 4. The summed E-state index contributed by atoms with van der Waals surface area (Å²) < 4.78 is 13.2. The monoisotopic (exact) mass is 300 g/mol. The molecule has 0 aliphatic carbocycles. The van der Waals surface area contributed by atoms with Gasteiger partial charge in [0.15, 0.2) is 0 Å². The fourth-order valence-electron chi connectivity index (χ4n) is 2.29. The average molecular weight is 300 g/mol. The van der Waals surface area contributed by atoms with Gasteiger partial charge in [0.2, 0.25) is 0 Å². The van der Waals surface area contributed by atoms with E-state index < -0.39 is 0 Å². The maximum absolute atomic E-state index is 13.2. The molecule has 0 unspecified atom stereocenters.